The van der Waals surface area contributed by atoms with Gasteiger partial charge in [-0.1, -0.05) is 13.8 Å². The normalized spacial score (nSPS) is 13.3. The fourth-order valence-corrected chi connectivity index (χ4v) is 4.27. The first-order valence-electron chi connectivity index (χ1n) is 9.54. The van der Waals surface area contributed by atoms with Crippen molar-refractivity contribution >= 4 is 28.2 Å². The molecule has 154 valence electrons. The fraction of sp³-hybridized carbons (Fsp3) is 0.316. The van der Waals surface area contributed by atoms with Crippen molar-refractivity contribution < 1.29 is 8.81 Å². The van der Waals surface area contributed by atoms with Gasteiger partial charge in [0.25, 0.3) is 0 Å². The van der Waals surface area contributed by atoms with Crippen molar-refractivity contribution in [3.05, 3.63) is 47.1 Å². The summed E-state index contributed by atoms with van der Waals surface area (Å²) in [5.41, 5.74) is 2.68. The van der Waals surface area contributed by atoms with Crippen molar-refractivity contribution in [2.45, 2.75) is 32.7 Å². The Bertz CT molecular complexity index is 1170. The number of oxazole rings is 1. The highest BCUT2D eigenvalue weighted by Crippen LogP contribution is 2.39. The van der Waals surface area contributed by atoms with Crippen LogP contribution in [0.25, 0.3) is 11.3 Å². The lowest BCUT2D eigenvalue weighted by molar-refractivity contribution is 0.470. The van der Waals surface area contributed by atoms with Crippen molar-refractivity contribution in [3.8, 4) is 11.3 Å². The van der Waals surface area contributed by atoms with Crippen LogP contribution in [0.5, 0.6) is 0 Å². The van der Waals surface area contributed by atoms with Crippen molar-refractivity contribution in [2.24, 2.45) is 0 Å². The molecule has 0 radical (unpaired) electrons. The lowest BCUT2D eigenvalue weighted by Gasteiger charge is -2.20. The van der Waals surface area contributed by atoms with Gasteiger partial charge >= 0.3 is 0 Å². The van der Waals surface area contributed by atoms with Crippen LogP contribution in [-0.4, -0.2) is 36.7 Å². The second-order valence-electron chi connectivity index (χ2n) is 7.27. The highest BCUT2D eigenvalue weighted by molar-refractivity contribution is 7.16. The summed E-state index contributed by atoms with van der Waals surface area (Å²) in [5, 5.41) is 11.1. The maximum Gasteiger partial charge on any atom is 0.229 e. The highest BCUT2D eigenvalue weighted by Gasteiger charge is 2.26. The second-order valence-corrected chi connectivity index (χ2v) is 8.35. The molecular weight excluding hydrogens is 407 g/mol. The molecule has 0 fully saturated rings. The van der Waals surface area contributed by atoms with Gasteiger partial charge in [-0.3, -0.25) is 5.10 Å². The second kappa shape index (κ2) is 7.48. The molecule has 0 amide bonds. The molecule has 4 aromatic rings. The van der Waals surface area contributed by atoms with Gasteiger partial charge in [-0.05, 0) is 0 Å². The molecule has 11 heteroatoms. The molecule has 1 aliphatic rings. The molecule has 4 aromatic heterocycles. The van der Waals surface area contributed by atoms with Gasteiger partial charge in [0, 0.05) is 30.0 Å². The molecule has 0 aromatic carbocycles. The lowest BCUT2D eigenvalue weighted by Crippen LogP contribution is -2.25. The predicted molar refractivity (Wildman–Crippen MR) is 110 cm³/mol. The number of nitrogens with zero attached hydrogens (tertiary/aromatic N) is 6. The largest absolute Gasteiger partial charge is 0.448 e. The molecule has 5 rings (SSSR count). The van der Waals surface area contributed by atoms with E-state index in [1.165, 1.54) is 11.3 Å². The summed E-state index contributed by atoms with van der Waals surface area (Å²) in [6.07, 6.45) is 6.62. The number of hydrogen-bond donors (Lipinski definition) is 2. The molecule has 30 heavy (non-hydrogen) atoms. The van der Waals surface area contributed by atoms with E-state index in [4.69, 9.17) is 9.40 Å². The zero-order valence-electron chi connectivity index (χ0n) is 16.4. The summed E-state index contributed by atoms with van der Waals surface area (Å²) in [6.45, 7) is 5.49. The van der Waals surface area contributed by atoms with Crippen molar-refractivity contribution in [2.75, 3.05) is 16.8 Å². The first-order valence-corrected chi connectivity index (χ1v) is 10.4. The third kappa shape index (κ3) is 3.52. The van der Waals surface area contributed by atoms with Crippen LogP contribution in [-0.2, 0) is 13.0 Å². The SMILES string of the molecule is CC(C)c1nc(CN2CCc3sc(Nc4ncc(F)cn4)nc3-c3c[nH]nc32)co1. The monoisotopic (exact) mass is 426 g/mol. The van der Waals surface area contributed by atoms with Crippen molar-refractivity contribution in [1.82, 2.24) is 30.1 Å². The number of hydrogen-bond acceptors (Lipinski definition) is 9. The average molecular weight is 426 g/mol. The summed E-state index contributed by atoms with van der Waals surface area (Å²) in [6, 6.07) is 0. The third-order valence-corrected chi connectivity index (χ3v) is 5.77. The number of rotatable bonds is 5. The van der Waals surface area contributed by atoms with Gasteiger partial charge in [0.05, 0.1) is 35.9 Å². The van der Waals surface area contributed by atoms with E-state index < -0.39 is 5.82 Å². The Hall–Kier alpha value is -3.34. The van der Waals surface area contributed by atoms with Crippen LogP contribution >= 0.6 is 11.3 Å². The van der Waals surface area contributed by atoms with Crippen LogP contribution in [0.4, 0.5) is 21.3 Å². The molecule has 5 heterocycles. The maximum atomic E-state index is 13.0. The fourth-order valence-electron chi connectivity index (χ4n) is 3.31. The minimum Gasteiger partial charge on any atom is -0.448 e. The zero-order valence-corrected chi connectivity index (χ0v) is 17.2. The molecule has 1 aliphatic heterocycles. The molecule has 2 N–H and O–H groups in total. The van der Waals surface area contributed by atoms with Crippen LogP contribution in [0.15, 0.2) is 29.3 Å². The van der Waals surface area contributed by atoms with E-state index in [2.05, 4.69) is 49.2 Å². The third-order valence-electron chi connectivity index (χ3n) is 4.74. The topological polar surface area (TPSA) is 109 Å². The van der Waals surface area contributed by atoms with E-state index in [1.54, 1.807) is 6.26 Å². The summed E-state index contributed by atoms with van der Waals surface area (Å²) < 4.78 is 18.6. The summed E-state index contributed by atoms with van der Waals surface area (Å²) in [5.74, 6) is 1.64. The molecule has 0 saturated heterocycles. The van der Waals surface area contributed by atoms with Crippen molar-refractivity contribution in [3.63, 3.8) is 0 Å². The minimum atomic E-state index is -0.480. The van der Waals surface area contributed by atoms with Gasteiger partial charge in [-0.2, -0.15) is 5.10 Å². The van der Waals surface area contributed by atoms with Crippen molar-refractivity contribution in [1.29, 1.82) is 0 Å². The predicted octanol–water partition coefficient (Wildman–Crippen LogP) is 3.88. The van der Waals surface area contributed by atoms with E-state index in [0.29, 0.717) is 17.6 Å². The summed E-state index contributed by atoms with van der Waals surface area (Å²) in [7, 11) is 0. The standard InChI is InChI=1S/C19H19FN8OS/c1-10(2)17-24-12(9-29-17)8-28-4-3-14-15(13-7-23-27-16(13)28)25-19(30-14)26-18-21-5-11(20)6-22-18/h5-7,9-10H,3-4,8H2,1-2H3,(H,23,27)(H,21,22,25,26). The Morgan fingerprint density at radius 2 is 2.13 bits per heavy atom. The number of H-pyrrole nitrogens is 1. The summed E-state index contributed by atoms with van der Waals surface area (Å²) in [4.78, 5) is 20.5. The lowest BCUT2D eigenvalue weighted by atomic mass is 10.2. The van der Waals surface area contributed by atoms with Crippen LogP contribution in [0.1, 0.15) is 36.2 Å². The van der Waals surface area contributed by atoms with E-state index in [1.807, 2.05) is 6.20 Å². The number of aromatic amines is 1. The quantitative estimate of drug-likeness (QED) is 0.495. The van der Waals surface area contributed by atoms with Crippen LogP contribution in [0.3, 0.4) is 0 Å². The van der Waals surface area contributed by atoms with E-state index >= 15 is 0 Å². The molecule has 0 unspecified atom stereocenters. The number of aromatic nitrogens is 6. The van der Waals surface area contributed by atoms with Crippen LogP contribution < -0.4 is 10.2 Å². The Kier molecular flexibility index (Phi) is 4.66. The number of thiazole rings is 1. The van der Waals surface area contributed by atoms with Gasteiger partial charge in [0.1, 0.15) is 6.26 Å². The van der Waals surface area contributed by atoms with E-state index in [9.17, 15) is 4.39 Å². The van der Waals surface area contributed by atoms with E-state index in [0.717, 1.165) is 58.9 Å². The summed E-state index contributed by atoms with van der Waals surface area (Å²) >= 11 is 1.53. The van der Waals surface area contributed by atoms with Gasteiger partial charge < -0.3 is 14.6 Å². The van der Waals surface area contributed by atoms with Gasteiger partial charge in [-0.15, -0.1) is 11.3 Å². The Balaban J connectivity index is 1.40. The smallest absolute Gasteiger partial charge is 0.229 e. The number of nitrogens with one attached hydrogen (secondary N) is 2. The first kappa shape index (κ1) is 18.7. The van der Waals surface area contributed by atoms with Gasteiger partial charge in [-0.25, -0.2) is 24.3 Å². The average Bonchev–Trinajstić information content (AvgIpc) is 3.45. The maximum absolute atomic E-state index is 13.0. The highest BCUT2D eigenvalue weighted by atomic mass is 32.1. The Morgan fingerprint density at radius 3 is 2.90 bits per heavy atom. The first-order chi connectivity index (χ1) is 14.6. The number of halogens is 1. The number of fused-ring (bicyclic) bond motifs is 3. The molecular formula is C19H19FN8OS. The zero-order chi connectivity index (χ0) is 20.7. The Labute approximate surface area is 175 Å². The molecule has 0 saturated carbocycles. The Morgan fingerprint density at radius 1 is 1.30 bits per heavy atom. The van der Waals surface area contributed by atoms with E-state index in [-0.39, 0.29) is 5.92 Å². The number of anilines is 3. The molecule has 0 spiro atoms. The van der Waals surface area contributed by atoms with Gasteiger partial charge in [0.15, 0.2) is 22.7 Å². The molecule has 0 bridgehead atoms. The molecule has 0 aliphatic carbocycles. The molecule has 9 nitrogen and oxygen atoms in total. The van der Waals surface area contributed by atoms with Crippen LogP contribution in [0, 0.1) is 5.82 Å². The molecule has 0 atom stereocenters. The van der Waals surface area contributed by atoms with Gasteiger partial charge in [0.2, 0.25) is 5.95 Å². The minimum absolute atomic E-state index is 0.246. The van der Waals surface area contributed by atoms with Crippen LogP contribution in [0.2, 0.25) is 0 Å².